The van der Waals surface area contributed by atoms with E-state index in [9.17, 15) is 22.8 Å². The molecule has 35 heavy (non-hydrogen) atoms. The maximum atomic E-state index is 13.7. The summed E-state index contributed by atoms with van der Waals surface area (Å²) in [5.74, 6) is -3.59. The van der Waals surface area contributed by atoms with Crippen LogP contribution in [0.15, 0.2) is 77.2 Å². The lowest BCUT2D eigenvalue weighted by molar-refractivity contribution is -0.153. The van der Waals surface area contributed by atoms with Crippen molar-refractivity contribution in [2.75, 3.05) is 5.32 Å². The SMILES string of the molecule is NC(=O)c1cc(Cl)cc(NC(=O)c2cc(-c3ccc(Cl)cc3)oc2C(F)(F)F)c1-c1ccccc1. The van der Waals surface area contributed by atoms with E-state index in [0.717, 1.165) is 6.07 Å². The normalized spacial score (nSPS) is 11.3. The van der Waals surface area contributed by atoms with Crippen LogP contribution < -0.4 is 11.1 Å². The van der Waals surface area contributed by atoms with Crippen molar-refractivity contribution in [3.63, 3.8) is 0 Å². The molecule has 0 aliphatic heterocycles. The van der Waals surface area contributed by atoms with Gasteiger partial charge in [0.2, 0.25) is 11.7 Å². The van der Waals surface area contributed by atoms with E-state index < -0.39 is 29.3 Å². The number of benzene rings is 3. The summed E-state index contributed by atoms with van der Waals surface area (Å²) >= 11 is 12.0. The Labute approximate surface area is 207 Å². The van der Waals surface area contributed by atoms with Crippen LogP contribution in [0, 0.1) is 0 Å². The third-order valence-corrected chi connectivity index (χ3v) is 5.51. The van der Waals surface area contributed by atoms with Crippen LogP contribution in [-0.4, -0.2) is 11.8 Å². The van der Waals surface area contributed by atoms with E-state index in [1.807, 2.05) is 0 Å². The molecule has 1 heterocycles. The predicted molar refractivity (Wildman–Crippen MR) is 128 cm³/mol. The number of carbonyl (C=O) groups is 2. The molecule has 0 aliphatic carbocycles. The van der Waals surface area contributed by atoms with E-state index in [0.29, 0.717) is 16.1 Å². The van der Waals surface area contributed by atoms with Crippen LogP contribution in [-0.2, 0) is 6.18 Å². The third-order valence-electron chi connectivity index (χ3n) is 5.04. The lowest BCUT2D eigenvalue weighted by Gasteiger charge is -2.16. The van der Waals surface area contributed by atoms with E-state index in [4.69, 9.17) is 33.4 Å². The first-order valence-electron chi connectivity index (χ1n) is 10.0. The lowest BCUT2D eigenvalue weighted by atomic mass is 9.97. The first kappa shape index (κ1) is 24.4. The first-order chi connectivity index (χ1) is 16.5. The second kappa shape index (κ2) is 9.48. The van der Waals surface area contributed by atoms with Crippen molar-refractivity contribution in [2.24, 2.45) is 5.73 Å². The summed E-state index contributed by atoms with van der Waals surface area (Å²) in [7, 11) is 0. The van der Waals surface area contributed by atoms with Gasteiger partial charge in [0.05, 0.1) is 16.8 Å². The number of rotatable bonds is 5. The predicted octanol–water partition coefficient (Wildman–Crippen LogP) is 7.29. The molecular formula is C25H15Cl2F3N2O3. The smallest absolute Gasteiger partial charge is 0.450 e. The molecule has 0 saturated heterocycles. The molecule has 0 bridgehead atoms. The first-order valence-corrected chi connectivity index (χ1v) is 10.8. The number of amides is 2. The average molecular weight is 519 g/mol. The van der Waals surface area contributed by atoms with Crippen LogP contribution in [0.4, 0.5) is 18.9 Å². The number of anilines is 1. The second-order valence-electron chi connectivity index (χ2n) is 7.42. The van der Waals surface area contributed by atoms with Crippen LogP contribution in [0.5, 0.6) is 0 Å². The zero-order valence-electron chi connectivity index (χ0n) is 17.6. The summed E-state index contributed by atoms with van der Waals surface area (Å²) in [5, 5.41) is 2.87. The van der Waals surface area contributed by atoms with Gasteiger partial charge in [0, 0.05) is 21.2 Å². The minimum atomic E-state index is -4.95. The molecule has 3 N–H and O–H groups in total. The van der Waals surface area contributed by atoms with Crippen molar-refractivity contribution in [2.45, 2.75) is 6.18 Å². The summed E-state index contributed by atoms with van der Waals surface area (Å²) in [6, 6.07) is 18.0. The summed E-state index contributed by atoms with van der Waals surface area (Å²) in [6.45, 7) is 0. The average Bonchev–Trinajstić information content (AvgIpc) is 3.26. The molecule has 0 aliphatic rings. The molecule has 0 unspecified atom stereocenters. The Morgan fingerprint density at radius 2 is 1.49 bits per heavy atom. The third kappa shape index (κ3) is 5.18. The zero-order valence-corrected chi connectivity index (χ0v) is 19.1. The minimum Gasteiger partial charge on any atom is -0.451 e. The number of nitrogens with two attached hydrogens (primary N) is 1. The molecule has 0 atom stereocenters. The highest BCUT2D eigenvalue weighted by atomic mass is 35.5. The number of carbonyl (C=O) groups excluding carboxylic acids is 2. The highest BCUT2D eigenvalue weighted by molar-refractivity contribution is 6.32. The molecule has 10 heteroatoms. The Morgan fingerprint density at radius 3 is 2.09 bits per heavy atom. The van der Waals surface area contributed by atoms with Crippen molar-refractivity contribution in [3.8, 4) is 22.5 Å². The highest BCUT2D eigenvalue weighted by Gasteiger charge is 2.40. The van der Waals surface area contributed by atoms with Gasteiger partial charge in [0.15, 0.2) is 0 Å². The Balaban J connectivity index is 1.82. The maximum absolute atomic E-state index is 13.7. The van der Waals surface area contributed by atoms with Gasteiger partial charge in [0.1, 0.15) is 5.76 Å². The van der Waals surface area contributed by atoms with Gasteiger partial charge < -0.3 is 15.5 Å². The standard InChI is InChI=1S/C25H15Cl2F3N2O3/c26-15-8-6-13(7-9-15)20-12-18(22(35-20)25(28,29)30)24(34)32-19-11-16(27)10-17(23(31)33)21(19)14-4-2-1-3-5-14/h1-12H,(H2,31,33)(H,32,34). The number of primary amides is 1. The van der Waals surface area contributed by atoms with Gasteiger partial charge >= 0.3 is 6.18 Å². The van der Waals surface area contributed by atoms with E-state index in [2.05, 4.69) is 5.32 Å². The largest absolute Gasteiger partial charge is 0.451 e. The van der Waals surface area contributed by atoms with Gasteiger partial charge in [-0.15, -0.1) is 0 Å². The molecule has 0 fully saturated rings. The molecule has 5 nitrogen and oxygen atoms in total. The van der Waals surface area contributed by atoms with E-state index >= 15 is 0 Å². The number of hydrogen-bond acceptors (Lipinski definition) is 3. The molecule has 4 rings (SSSR count). The Kier molecular flexibility index (Phi) is 6.60. The van der Waals surface area contributed by atoms with Crippen LogP contribution >= 0.6 is 23.2 Å². The van der Waals surface area contributed by atoms with Gasteiger partial charge in [-0.2, -0.15) is 13.2 Å². The van der Waals surface area contributed by atoms with E-state index in [-0.39, 0.29) is 27.6 Å². The number of nitrogens with one attached hydrogen (secondary N) is 1. The van der Waals surface area contributed by atoms with Gasteiger partial charge in [-0.05, 0) is 48.0 Å². The van der Waals surface area contributed by atoms with Crippen LogP contribution in [0.25, 0.3) is 22.5 Å². The summed E-state index contributed by atoms with van der Waals surface area (Å²) in [5.41, 5.74) is 5.76. The summed E-state index contributed by atoms with van der Waals surface area (Å²) in [6.07, 6.45) is -4.95. The number of hydrogen-bond donors (Lipinski definition) is 2. The highest BCUT2D eigenvalue weighted by Crippen LogP contribution is 2.39. The molecule has 178 valence electrons. The molecule has 4 aromatic rings. The van der Waals surface area contributed by atoms with Crippen LogP contribution in [0.3, 0.4) is 0 Å². The number of halogens is 5. The fourth-order valence-electron chi connectivity index (χ4n) is 3.53. The molecule has 0 radical (unpaired) electrons. The molecule has 0 saturated carbocycles. The topological polar surface area (TPSA) is 85.3 Å². The minimum absolute atomic E-state index is 0.00451. The van der Waals surface area contributed by atoms with E-state index in [1.54, 1.807) is 30.3 Å². The molecule has 2 amide bonds. The molecular weight excluding hydrogens is 504 g/mol. The molecule has 0 spiro atoms. The summed E-state index contributed by atoms with van der Waals surface area (Å²) in [4.78, 5) is 25.2. The Bertz CT molecular complexity index is 1420. The van der Waals surface area contributed by atoms with Crippen molar-refractivity contribution in [1.29, 1.82) is 0 Å². The van der Waals surface area contributed by atoms with Gasteiger partial charge in [-0.3, -0.25) is 9.59 Å². The van der Waals surface area contributed by atoms with Crippen molar-refractivity contribution < 1.29 is 27.2 Å². The van der Waals surface area contributed by atoms with Gasteiger partial charge in [-0.1, -0.05) is 53.5 Å². The fourth-order valence-corrected chi connectivity index (χ4v) is 3.88. The Morgan fingerprint density at radius 1 is 0.829 bits per heavy atom. The quantitative estimate of drug-likeness (QED) is 0.290. The lowest BCUT2D eigenvalue weighted by Crippen LogP contribution is -2.19. The van der Waals surface area contributed by atoms with E-state index in [1.165, 1.54) is 36.4 Å². The number of alkyl halides is 3. The number of furan rings is 1. The van der Waals surface area contributed by atoms with Gasteiger partial charge in [0.25, 0.3) is 5.91 Å². The molecule has 1 aromatic heterocycles. The van der Waals surface area contributed by atoms with Gasteiger partial charge in [-0.25, -0.2) is 0 Å². The molecule has 3 aromatic carbocycles. The maximum Gasteiger partial charge on any atom is 0.450 e. The van der Waals surface area contributed by atoms with Crippen molar-refractivity contribution in [3.05, 3.63) is 99.7 Å². The summed E-state index contributed by atoms with van der Waals surface area (Å²) < 4.78 is 46.3. The van der Waals surface area contributed by atoms with Crippen LogP contribution in [0.2, 0.25) is 10.0 Å². The van der Waals surface area contributed by atoms with Crippen LogP contribution in [0.1, 0.15) is 26.5 Å². The fraction of sp³-hybridized carbons (Fsp3) is 0.0400. The van der Waals surface area contributed by atoms with Crippen molar-refractivity contribution in [1.82, 2.24) is 0 Å². The Hall–Kier alpha value is -3.75. The van der Waals surface area contributed by atoms with Crippen molar-refractivity contribution >= 4 is 40.7 Å². The second-order valence-corrected chi connectivity index (χ2v) is 8.29. The zero-order chi connectivity index (χ0) is 25.3. The monoisotopic (exact) mass is 518 g/mol.